The normalized spacial score (nSPS) is 14.8. The number of nitrogens with one attached hydrogen (secondary N) is 1. The largest absolute Gasteiger partial charge is 0.462 e. The number of likely N-dealkylation sites (tertiary alicyclic amines) is 1. The lowest BCUT2D eigenvalue weighted by atomic mass is 9.98. The Labute approximate surface area is 163 Å². The molecule has 7 nitrogen and oxygen atoms in total. The van der Waals surface area contributed by atoms with Crippen molar-refractivity contribution in [2.24, 2.45) is 0 Å². The molecule has 28 heavy (non-hydrogen) atoms. The maximum absolute atomic E-state index is 13.0. The van der Waals surface area contributed by atoms with Gasteiger partial charge in [-0.1, -0.05) is 30.3 Å². The number of aromatic nitrogens is 1. The van der Waals surface area contributed by atoms with Gasteiger partial charge in [0.25, 0.3) is 11.7 Å². The van der Waals surface area contributed by atoms with Crippen molar-refractivity contribution in [3.05, 3.63) is 47.3 Å². The van der Waals surface area contributed by atoms with Gasteiger partial charge < -0.3 is 19.7 Å². The fourth-order valence-corrected chi connectivity index (χ4v) is 3.47. The molecule has 0 atom stereocenters. The van der Waals surface area contributed by atoms with Gasteiger partial charge in [0.1, 0.15) is 5.69 Å². The molecule has 1 aliphatic rings. The minimum atomic E-state index is -0.700. The van der Waals surface area contributed by atoms with E-state index in [0.717, 1.165) is 0 Å². The van der Waals surface area contributed by atoms with Crippen molar-refractivity contribution < 1.29 is 24.2 Å². The number of hydrogen-bond acceptors (Lipinski definition) is 5. The molecule has 1 aromatic heterocycles. The molecule has 2 heterocycles. The zero-order valence-corrected chi connectivity index (χ0v) is 16.0. The maximum atomic E-state index is 13.0. The van der Waals surface area contributed by atoms with Crippen LogP contribution in [0.3, 0.4) is 0 Å². The molecule has 0 bridgehead atoms. The first kappa shape index (κ1) is 19.8. The number of benzene rings is 1. The summed E-state index contributed by atoms with van der Waals surface area (Å²) in [6, 6.07) is 9.00. The number of hydrogen-bond donors (Lipinski definition) is 2. The Morgan fingerprint density at radius 3 is 2.43 bits per heavy atom. The van der Waals surface area contributed by atoms with Crippen LogP contribution in [0, 0.1) is 6.92 Å². The molecule has 2 aromatic rings. The van der Waals surface area contributed by atoms with Gasteiger partial charge in [0.2, 0.25) is 0 Å². The van der Waals surface area contributed by atoms with E-state index in [2.05, 4.69) is 4.98 Å². The van der Waals surface area contributed by atoms with Crippen LogP contribution < -0.4 is 0 Å². The van der Waals surface area contributed by atoms with Crippen molar-refractivity contribution in [3.63, 3.8) is 0 Å². The van der Waals surface area contributed by atoms with Crippen molar-refractivity contribution in [1.29, 1.82) is 0 Å². The first-order chi connectivity index (χ1) is 13.4. The second-order valence-electron chi connectivity index (χ2n) is 6.81. The van der Waals surface area contributed by atoms with Gasteiger partial charge in [-0.05, 0) is 32.3 Å². The van der Waals surface area contributed by atoms with Crippen molar-refractivity contribution in [2.45, 2.75) is 32.8 Å². The lowest BCUT2D eigenvalue weighted by Crippen LogP contribution is -2.43. The molecule has 1 amide bonds. The molecule has 3 rings (SSSR count). The van der Waals surface area contributed by atoms with E-state index < -0.39 is 23.8 Å². The predicted octanol–water partition coefficient (Wildman–Crippen LogP) is 2.33. The average Bonchev–Trinajstić information content (AvgIpc) is 3.05. The van der Waals surface area contributed by atoms with Crippen LogP contribution in [0.1, 0.15) is 46.3 Å². The highest BCUT2D eigenvalue weighted by Gasteiger charge is 2.33. The van der Waals surface area contributed by atoms with E-state index in [1.165, 1.54) is 4.90 Å². The van der Waals surface area contributed by atoms with Crippen LogP contribution >= 0.6 is 0 Å². The molecule has 1 fully saturated rings. The molecule has 0 saturated carbocycles. The lowest BCUT2D eigenvalue weighted by molar-refractivity contribution is -0.128. The minimum absolute atomic E-state index is 0.0860. The molecule has 0 spiro atoms. The van der Waals surface area contributed by atoms with Crippen LogP contribution in [0.5, 0.6) is 0 Å². The van der Waals surface area contributed by atoms with Gasteiger partial charge >= 0.3 is 5.97 Å². The number of ether oxygens (including phenoxy) is 1. The highest BCUT2D eigenvalue weighted by atomic mass is 16.5. The lowest BCUT2D eigenvalue weighted by Gasteiger charge is -2.28. The fourth-order valence-electron chi connectivity index (χ4n) is 3.47. The standard InChI is InChI=1S/C21H24N2O5/c1-3-28-21(27)16-13(2)22-18(17(16)14-7-5-4-6-8-14)19(25)20(26)23-11-9-15(24)10-12-23/h4-8,15,22,24H,3,9-12H2,1-2H3. The zero-order valence-electron chi connectivity index (χ0n) is 16.0. The number of amides is 1. The third-order valence-electron chi connectivity index (χ3n) is 4.90. The summed E-state index contributed by atoms with van der Waals surface area (Å²) in [6.07, 6.45) is 0.451. The predicted molar refractivity (Wildman–Crippen MR) is 103 cm³/mol. The van der Waals surface area contributed by atoms with E-state index in [0.29, 0.717) is 42.8 Å². The van der Waals surface area contributed by atoms with E-state index in [1.54, 1.807) is 38.1 Å². The van der Waals surface area contributed by atoms with Gasteiger partial charge in [0.05, 0.1) is 18.3 Å². The maximum Gasteiger partial charge on any atom is 0.340 e. The monoisotopic (exact) mass is 384 g/mol. The van der Waals surface area contributed by atoms with Gasteiger partial charge in [-0.2, -0.15) is 0 Å². The van der Waals surface area contributed by atoms with Crippen molar-refractivity contribution in [1.82, 2.24) is 9.88 Å². The summed E-state index contributed by atoms with van der Waals surface area (Å²) in [7, 11) is 0. The topological polar surface area (TPSA) is 99.7 Å². The fraction of sp³-hybridized carbons (Fsp3) is 0.381. The number of aliphatic hydroxyl groups excluding tert-OH is 1. The second kappa shape index (κ2) is 8.39. The third kappa shape index (κ3) is 3.84. The number of Topliss-reactive ketones (excluding diaryl/α,β-unsaturated/α-hetero) is 1. The Hall–Kier alpha value is -2.93. The first-order valence-corrected chi connectivity index (χ1v) is 9.40. The molecular formula is C21H24N2O5. The summed E-state index contributed by atoms with van der Waals surface area (Å²) < 4.78 is 5.16. The molecule has 1 aromatic carbocycles. The number of aliphatic hydroxyl groups is 1. The Morgan fingerprint density at radius 2 is 1.82 bits per heavy atom. The van der Waals surface area contributed by atoms with Crippen LogP contribution in [-0.2, 0) is 9.53 Å². The summed E-state index contributed by atoms with van der Waals surface area (Å²) in [4.78, 5) is 42.7. The Bertz CT molecular complexity index is 880. The van der Waals surface area contributed by atoms with Gasteiger partial charge in [0, 0.05) is 24.3 Å². The number of piperidine rings is 1. The van der Waals surface area contributed by atoms with Crippen molar-refractivity contribution >= 4 is 17.7 Å². The SMILES string of the molecule is CCOC(=O)c1c(C)[nH]c(C(=O)C(=O)N2CCC(O)CC2)c1-c1ccccc1. The van der Waals surface area contributed by atoms with E-state index >= 15 is 0 Å². The van der Waals surface area contributed by atoms with E-state index in [1.807, 2.05) is 6.07 Å². The molecule has 0 unspecified atom stereocenters. The van der Waals surface area contributed by atoms with Crippen molar-refractivity contribution in [3.8, 4) is 11.1 Å². The van der Waals surface area contributed by atoms with E-state index in [4.69, 9.17) is 4.74 Å². The average molecular weight is 384 g/mol. The molecule has 148 valence electrons. The van der Waals surface area contributed by atoms with Crippen LogP contribution in [0.25, 0.3) is 11.1 Å². The first-order valence-electron chi connectivity index (χ1n) is 9.40. The van der Waals surface area contributed by atoms with Gasteiger partial charge in [0.15, 0.2) is 0 Å². The van der Waals surface area contributed by atoms with Gasteiger partial charge in [-0.3, -0.25) is 9.59 Å². The zero-order chi connectivity index (χ0) is 20.3. The summed E-state index contributed by atoms with van der Waals surface area (Å²) in [5.41, 5.74) is 1.86. The molecule has 0 radical (unpaired) electrons. The number of ketones is 1. The Morgan fingerprint density at radius 1 is 1.18 bits per heavy atom. The highest BCUT2D eigenvalue weighted by Crippen LogP contribution is 2.31. The number of nitrogens with zero attached hydrogens (tertiary/aromatic N) is 1. The van der Waals surface area contributed by atoms with E-state index in [-0.39, 0.29) is 17.9 Å². The van der Waals surface area contributed by atoms with Crippen LogP contribution in [-0.4, -0.2) is 58.5 Å². The molecule has 7 heteroatoms. The number of rotatable bonds is 5. The van der Waals surface area contributed by atoms with Crippen LogP contribution in [0.2, 0.25) is 0 Å². The summed E-state index contributed by atoms with van der Waals surface area (Å²) in [5, 5.41) is 9.63. The summed E-state index contributed by atoms with van der Waals surface area (Å²) in [5.74, 6) is -1.88. The quantitative estimate of drug-likeness (QED) is 0.468. The molecular weight excluding hydrogens is 360 g/mol. The number of aromatic amines is 1. The van der Waals surface area contributed by atoms with Crippen molar-refractivity contribution in [2.75, 3.05) is 19.7 Å². The Balaban J connectivity index is 2.03. The minimum Gasteiger partial charge on any atom is -0.462 e. The molecule has 1 aliphatic heterocycles. The second-order valence-corrected chi connectivity index (χ2v) is 6.81. The van der Waals surface area contributed by atoms with Crippen LogP contribution in [0.15, 0.2) is 30.3 Å². The Kier molecular flexibility index (Phi) is 5.94. The number of carbonyl (C=O) groups excluding carboxylic acids is 3. The highest BCUT2D eigenvalue weighted by molar-refractivity contribution is 6.43. The molecule has 1 saturated heterocycles. The van der Waals surface area contributed by atoms with Gasteiger partial charge in [-0.15, -0.1) is 0 Å². The third-order valence-corrected chi connectivity index (χ3v) is 4.90. The number of H-pyrrole nitrogens is 1. The molecule has 0 aliphatic carbocycles. The summed E-state index contributed by atoms with van der Waals surface area (Å²) >= 11 is 0. The van der Waals surface area contributed by atoms with E-state index in [9.17, 15) is 19.5 Å². The number of carbonyl (C=O) groups is 3. The number of esters is 1. The molecule has 2 N–H and O–H groups in total. The van der Waals surface area contributed by atoms with Gasteiger partial charge in [-0.25, -0.2) is 4.79 Å². The number of aryl methyl sites for hydroxylation is 1. The smallest absolute Gasteiger partial charge is 0.340 e. The summed E-state index contributed by atoms with van der Waals surface area (Å²) in [6.45, 7) is 4.25. The van der Waals surface area contributed by atoms with Crippen LogP contribution in [0.4, 0.5) is 0 Å².